The lowest BCUT2D eigenvalue weighted by Gasteiger charge is -2.08. The van der Waals surface area contributed by atoms with E-state index in [0.29, 0.717) is 22.6 Å². The van der Waals surface area contributed by atoms with E-state index in [9.17, 15) is 4.79 Å². The summed E-state index contributed by atoms with van der Waals surface area (Å²) in [7, 11) is 1.57. The Hall–Kier alpha value is -3.74. The Morgan fingerprint density at radius 2 is 1.92 bits per heavy atom. The van der Waals surface area contributed by atoms with E-state index < -0.39 is 0 Å². The maximum Gasteiger partial charge on any atom is 0.255 e. The molecule has 0 fully saturated rings. The van der Waals surface area contributed by atoms with Gasteiger partial charge < -0.3 is 10.1 Å². The number of ether oxygens (including phenoxy) is 1. The molecule has 2 aromatic carbocycles. The van der Waals surface area contributed by atoms with Crippen LogP contribution in [0.15, 0.2) is 67.0 Å². The molecule has 0 aliphatic rings. The van der Waals surface area contributed by atoms with Gasteiger partial charge in [0.25, 0.3) is 5.91 Å². The molecule has 0 aliphatic carbocycles. The van der Waals surface area contributed by atoms with E-state index in [1.54, 1.807) is 42.2 Å². The summed E-state index contributed by atoms with van der Waals surface area (Å²) in [4.78, 5) is 12.4. The topological polar surface area (TPSA) is 81.4 Å². The number of carbonyl (C=O) groups is 1. The highest BCUT2D eigenvalue weighted by Gasteiger charge is 2.08. The van der Waals surface area contributed by atoms with Gasteiger partial charge in [-0.3, -0.25) is 4.79 Å². The summed E-state index contributed by atoms with van der Waals surface area (Å²) >= 11 is 0. The van der Waals surface area contributed by atoms with Gasteiger partial charge in [0.05, 0.1) is 12.8 Å². The minimum Gasteiger partial charge on any atom is -0.497 e. The molecule has 7 nitrogen and oxygen atoms in total. The predicted molar refractivity (Wildman–Crippen MR) is 97.2 cm³/mol. The standard InChI is InChI=1S/C19H15N5O2/c1-26-16-4-2-3-14(11-16)19(25)21-15-7-5-13(6-8-15)17-9-10-18-22-20-12-24(18)23-17/h2-12H,1H3,(H,21,25). The largest absolute Gasteiger partial charge is 0.497 e. The van der Waals surface area contributed by atoms with E-state index in [2.05, 4.69) is 20.6 Å². The number of anilines is 1. The van der Waals surface area contributed by atoms with Crippen molar-refractivity contribution in [2.24, 2.45) is 0 Å². The molecule has 0 unspecified atom stereocenters. The molecule has 0 aliphatic heterocycles. The molecule has 2 heterocycles. The van der Waals surface area contributed by atoms with Crippen molar-refractivity contribution in [2.75, 3.05) is 12.4 Å². The van der Waals surface area contributed by atoms with Crippen molar-refractivity contribution in [3.8, 4) is 17.0 Å². The van der Waals surface area contributed by atoms with Gasteiger partial charge in [-0.05, 0) is 42.5 Å². The molecule has 26 heavy (non-hydrogen) atoms. The Labute approximate surface area is 149 Å². The molecule has 1 amide bonds. The molecule has 1 N–H and O–H groups in total. The molecule has 2 aromatic heterocycles. The highest BCUT2D eigenvalue weighted by molar-refractivity contribution is 6.04. The molecule has 0 saturated carbocycles. The van der Waals surface area contributed by atoms with Crippen molar-refractivity contribution in [3.05, 3.63) is 72.6 Å². The number of nitrogens with zero attached hydrogens (tertiary/aromatic N) is 4. The summed E-state index contributed by atoms with van der Waals surface area (Å²) in [5.41, 5.74) is 3.65. The molecule has 0 saturated heterocycles. The minimum absolute atomic E-state index is 0.194. The number of fused-ring (bicyclic) bond motifs is 1. The van der Waals surface area contributed by atoms with Crippen LogP contribution in [0, 0.1) is 0 Å². The Morgan fingerprint density at radius 1 is 1.08 bits per heavy atom. The molecule has 4 aromatic rings. The summed E-state index contributed by atoms with van der Waals surface area (Å²) in [5, 5.41) is 15.1. The normalized spacial score (nSPS) is 10.7. The molecule has 0 radical (unpaired) electrons. The maximum atomic E-state index is 12.4. The SMILES string of the molecule is COc1cccc(C(=O)Nc2ccc(-c3ccc4nncn4n3)cc2)c1. The fourth-order valence-electron chi connectivity index (χ4n) is 2.57. The molecule has 0 spiro atoms. The zero-order valence-corrected chi connectivity index (χ0v) is 14.0. The van der Waals surface area contributed by atoms with Gasteiger partial charge in [-0.25, -0.2) is 0 Å². The van der Waals surface area contributed by atoms with E-state index in [4.69, 9.17) is 4.74 Å². The van der Waals surface area contributed by atoms with E-state index >= 15 is 0 Å². The van der Waals surface area contributed by atoms with Crippen LogP contribution in [0.4, 0.5) is 5.69 Å². The molecular weight excluding hydrogens is 330 g/mol. The highest BCUT2D eigenvalue weighted by Crippen LogP contribution is 2.20. The number of nitrogens with one attached hydrogen (secondary N) is 1. The fraction of sp³-hybridized carbons (Fsp3) is 0.0526. The maximum absolute atomic E-state index is 12.4. The van der Waals surface area contributed by atoms with Gasteiger partial charge >= 0.3 is 0 Å². The first-order valence-corrected chi connectivity index (χ1v) is 7.96. The molecule has 0 atom stereocenters. The Morgan fingerprint density at radius 3 is 2.73 bits per heavy atom. The Kier molecular flexibility index (Phi) is 4.03. The lowest BCUT2D eigenvalue weighted by molar-refractivity contribution is 0.102. The third kappa shape index (κ3) is 3.10. The van der Waals surface area contributed by atoms with E-state index in [1.165, 1.54) is 0 Å². The number of hydrogen-bond acceptors (Lipinski definition) is 5. The molecule has 128 valence electrons. The number of rotatable bonds is 4. The quantitative estimate of drug-likeness (QED) is 0.615. The van der Waals surface area contributed by atoms with Crippen LogP contribution in [0.1, 0.15) is 10.4 Å². The van der Waals surface area contributed by atoms with Crippen molar-refractivity contribution in [3.63, 3.8) is 0 Å². The van der Waals surface area contributed by atoms with Crippen molar-refractivity contribution >= 4 is 17.2 Å². The fourth-order valence-corrected chi connectivity index (χ4v) is 2.57. The number of hydrogen-bond donors (Lipinski definition) is 1. The smallest absolute Gasteiger partial charge is 0.255 e. The second-order valence-corrected chi connectivity index (χ2v) is 5.62. The summed E-state index contributed by atoms with van der Waals surface area (Å²) < 4.78 is 6.77. The Balaban J connectivity index is 1.52. The van der Waals surface area contributed by atoms with Gasteiger partial charge in [-0.2, -0.15) is 9.61 Å². The van der Waals surface area contributed by atoms with Crippen molar-refractivity contribution in [1.29, 1.82) is 0 Å². The van der Waals surface area contributed by atoms with Crippen LogP contribution < -0.4 is 10.1 Å². The van der Waals surface area contributed by atoms with Gasteiger partial charge in [0.2, 0.25) is 0 Å². The van der Waals surface area contributed by atoms with Crippen LogP contribution in [-0.2, 0) is 0 Å². The number of methoxy groups -OCH3 is 1. The van der Waals surface area contributed by atoms with Crippen LogP contribution in [0.5, 0.6) is 5.75 Å². The lowest BCUT2D eigenvalue weighted by atomic mass is 10.1. The highest BCUT2D eigenvalue weighted by atomic mass is 16.5. The number of amides is 1. The average molecular weight is 345 g/mol. The van der Waals surface area contributed by atoms with Crippen LogP contribution in [0.2, 0.25) is 0 Å². The van der Waals surface area contributed by atoms with E-state index in [-0.39, 0.29) is 5.91 Å². The van der Waals surface area contributed by atoms with Crippen molar-refractivity contribution in [1.82, 2.24) is 19.8 Å². The van der Waals surface area contributed by atoms with E-state index in [0.717, 1.165) is 11.3 Å². The van der Waals surface area contributed by atoms with Gasteiger partial charge in [0.15, 0.2) is 5.65 Å². The first-order chi connectivity index (χ1) is 12.7. The molecule has 4 rings (SSSR count). The predicted octanol–water partition coefficient (Wildman–Crippen LogP) is 3.05. The second-order valence-electron chi connectivity index (χ2n) is 5.62. The zero-order valence-electron chi connectivity index (χ0n) is 14.0. The van der Waals surface area contributed by atoms with Crippen molar-refractivity contribution < 1.29 is 9.53 Å². The van der Waals surface area contributed by atoms with Gasteiger partial charge in [0, 0.05) is 16.8 Å². The van der Waals surface area contributed by atoms with E-state index in [1.807, 2.05) is 36.4 Å². The van der Waals surface area contributed by atoms with Crippen molar-refractivity contribution in [2.45, 2.75) is 0 Å². The molecule has 7 heteroatoms. The lowest BCUT2D eigenvalue weighted by Crippen LogP contribution is -2.11. The molecule has 0 bridgehead atoms. The number of benzene rings is 2. The van der Waals surface area contributed by atoms with Gasteiger partial charge in [-0.1, -0.05) is 18.2 Å². The molecular formula is C19H15N5O2. The minimum atomic E-state index is -0.194. The first-order valence-electron chi connectivity index (χ1n) is 7.96. The monoisotopic (exact) mass is 345 g/mol. The third-order valence-corrected chi connectivity index (χ3v) is 3.93. The van der Waals surface area contributed by atoms with Gasteiger partial charge in [-0.15, -0.1) is 10.2 Å². The second kappa shape index (κ2) is 6.64. The third-order valence-electron chi connectivity index (χ3n) is 3.93. The number of carbonyl (C=O) groups excluding carboxylic acids is 1. The zero-order chi connectivity index (χ0) is 17.9. The summed E-state index contributed by atoms with van der Waals surface area (Å²) in [6, 6.07) is 18.2. The first kappa shape index (κ1) is 15.8. The Bertz CT molecular complexity index is 1070. The average Bonchev–Trinajstić information content (AvgIpc) is 3.16. The summed E-state index contributed by atoms with van der Waals surface area (Å²) in [6.07, 6.45) is 1.56. The van der Waals surface area contributed by atoms with Crippen LogP contribution in [0.25, 0.3) is 16.9 Å². The van der Waals surface area contributed by atoms with Crippen LogP contribution in [0.3, 0.4) is 0 Å². The van der Waals surface area contributed by atoms with Crippen LogP contribution >= 0.6 is 0 Å². The summed E-state index contributed by atoms with van der Waals surface area (Å²) in [5.74, 6) is 0.448. The van der Waals surface area contributed by atoms with Gasteiger partial charge in [0.1, 0.15) is 12.1 Å². The van der Waals surface area contributed by atoms with Crippen LogP contribution in [-0.4, -0.2) is 32.8 Å². The summed E-state index contributed by atoms with van der Waals surface area (Å²) in [6.45, 7) is 0. The number of aromatic nitrogens is 4.